The number of carbonyl (C=O) groups excluding carboxylic acids is 1. The van der Waals surface area contributed by atoms with Crippen molar-refractivity contribution in [2.24, 2.45) is 5.92 Å². The molecule has 1 aromatic rings. The van der Waals surface area contributed by atoms with E-state index in [2.05, 4.69) is 5.32 Å². The summed E-state index contributed by atoms with van der Waals surface area (Å²) < 4.78 is 11.1. The SMILES string of the molecule is CC(C)C(C)(CC(=O)O)NC(=O)c1ccc2c(c1)OCCCO2. The van der Waals surface area contributed by atoms with Gasteiger partial charge in [-0.15, -0.1) is 0 Å². The first kappa shape index (κ1) is 17.1. The highest BCUT2D eigenvalue weighted by molar-refractivity contribution is 5.95. The topological polar surface area (TPSA) is 84.9 Å². The van der Waals surface area contributed by atoms with Crippen molar-refractivity contribution in [2.45, 2.75) is 39.2 Å². The molecule has 6 nitrogen and oxygen atoms in total. The summed E-state index contributed by atoms with van der Waals surface area (Å²) in [6, 6.07) is 5.00. The third-order valence-corrected chi connectivity index (χ3v) is 4.20. The molecule has 6 heteroatoms. The van der Waals surface area contributed by atoms with Gasteiger partial charge in [-0.1, -0.05) is 13.8 Å². The van der Waals surface area contributed by atoms with E-state index in [9.17, 15) is 9.59 Å². The van der Waals surface area contributed by atoms with Crippen molar-refractivity contribution < 1.29 is 24.2 Å². The highest BCUT2D eigenvalue weighted by atomic mass is 16.5. The van der Waals surface area contributed by atoms with E-state index in [-0.39, 0.29) is 18.2 Å². The van der Waals surface area contributed by atoms with Gasteiger partial charge in [0.25, 0.3) is 5.91 Å². The van der Waals surface area contributed by atoms with Crippen LogP contribution in [0.4, 0.5) is 0 Å². The highest BCUT2D eigenvalue weighted by Gasteiger charge is 2.33. The number of aliphatic carboxylic acids is 1. The number of rotatable bonds is 5. The second kappa shape index (κ2) is 6.89. The van der Waals surface area contributed by atoms with Gasteiger partial charge in [0.05, 0.1) is 25.2 Å². The molecule has 2 N–H and O–H groups in total. The third kappa shape index (κ3) is 4.15. The molecule has 1 heterocycles. The summed E-state index contributed by atoms with van der Waals surface area (Å²) in [5.41, 5.74) is -0.404. The number of nitrogens with one attached hydrogen (secondary N) is 1. The van der Waals surface area contributed by atoms with E-state index in [4.69, 9.17) is 14.6 Å². The lowest BCUT2D eigenvalue weighted by molar-refractivity contribution is -0.138. The van der Waals surface area contributed by atoms with Crippen molar-refractivity contribution in [2.75, 3.05) is 13.2 Å². The Kier molecular flexibility index (Phi) is 5.13. The molecule has 0 bridgehead atoms. The largest absolute Gasteiger partial charge is 0.490 e. The summed E-state index contributed by atoms with van der Waals surface area (Å²) in [7, 11) is 0. The van der Waals surface area contributed by atoms with E-state index in [0.29, 0.717) is 30.3 Å². The average Bonchev–Trinajstić information content (AvgIpc) is 2.70. The predicted octanol–water partition coefficient (Wildman–Crippen LogP) is 2.47. The monoisotopic (exact) mass is 321 g/mol. The molecule has 0 aliphatic carbocycles. The molecule has 1 amide bonds. The smallest absolute Gasteiger partial charge is 0.305 e. The van der Waals surface area contributed by atoms with Gasteiger partial charge in [0.2, 0.25) is 0 Å². The minimum Gasteiger partial charge on any atom is -0.490 e. The molecule has 126 valence electrons. The van der Waals surface area contributed by atoms with Crippen molar-refractivity contribution in [1.29, 1.82) is 0 Å². The number of hydrogen-bond acceptors (Lipinski definition) is 4. The summed E-state index contributed by atoms with van der Waals surface area (Å²) in [6.45, 7) is 6.64. The van der Waals surface area contributed by atoms with Crippen molar-refractivity contribution in [1.82, 2.24) is 5.32 Å². The first-order valence-electron chi connectivity index (χ1n) is 7.76. The average molecular weight is 321 g/mol. The van der Waals surface area contributed by atoms with E-state index < -0.39 is 11.5 Å². The zero-order valence-electron chi connectivity index (χ0n) is 13.7. The summed E-state index contributed by atoms with van der Waals surface area (Å²) in [5, 5.41) is 11.9. The standard InChI is InChI=1S/C17H23NO5/c1-11(2)17(3,10-15(19)20)18-16(21)12-5-6-13-14(9-12)23-8-4-7-22-13/h5-6,9,11H,4,7-8,10H2,1-3H3,(H,18,21)(H,19,20). The zero-order chi connectivity index (χ0) is 17.0. The third-order valence-electron chi connectivity index (χ3n) is 4.20. The van der Waals surface area contributed by atoms with Crippen molar-refractivity contribution >= 4 is 11.9 Å². The van der Waals surface area contributed by atoms with Gasteiger partial charge in [0, 0.05) is 12.0 Å². The number of hydrogen-bond donors (Lipinski definition) is 2. The second-order valence-corrected chi connectivity index (χ2v) is 6.31. The van der Waals surface area contributed by atoms with Crippen LogP contribution in [-0.2, 0) is 4.79 Å². The van der Waals surface area contributed by atoms with Crippen LogP contribution in [0.25, 0.3) is 0 Å². The number of amides is 1. The van der Waals surface area contributed by atoms with Gasteiger partial charge < -0.3 is 19.9 Å². The molecule has 1 aliphatic heterocycles. The van der Waals surface area contributed by atoms with Crippen LogP contribution in [-0.4, -0.2) is 35.7 Å². The molecule has 23 heavy (non-hydrogen) atoms. The molecular weight excluding hydrogens is 298 g/mol. The van der Waals surface area contributed by atoms with Crippen LogP contribution in [0.2, 0.25) is 0 Å². The van der Waals surface area contributed by atoms with Gasteiger partial charge in [-0.05, 0) is 31.0 Å². The Labute approximate surface area is 135 Å². The van der Waals surface area contributed by atoms with Gasteiger partial charge in [-0.2, -0.15) is 0 Å². The molecule has 0 fully saturated rings. The lowest BCUT2D eigenvalue weighted by Crippen LogP contribution is -2.51. The van der Waals surface area contributed by atoms with Crippen LogP contribution >= 0.6 is 0 Å². The Morgan fingerprint density at radius 1 is 1.26 bits per heavy atom. The Balaban J connectivity index is 2.19. The maximum absolute atomic E-state index is 12.5. The van der Waals surface area contributed by atoms with Crippen LogP contribution in [0.3, 0.4) is 0 Å². The van der Waals surface area contributed by atoms with E-state index in [1.54, 1.807) is 25.1 Å². The molecule has 0 aromatic heterocycles. The van der Waals surface area contributed by atoms with Crippen molar-refractivity contribution in [3.63, 3.8) is 0 Å². The van der Waals surface area contributed by atoms with Crippen LogP contribution in [0, 0.1) is 5.92 Å². The molecule has 0 saturated carbocycles. The molecule has 0 radical (unpaired) electrons. The molecule has 1 unspecified atom stereocenters. The minimum absolute atomic E-state index is 0.0250. The summed E-state index contributed by atoms with van der Waals surface area (Å²) >= 11 is 0. The summed E-state index contributed by atoms with van der Waals surface area (Å²) in [6.07, 6.45) is 0.654. The first-order valence-corrected chi connectivity index (χ1v) is 7.76. The summed E-state index contributed by atoms with van der Waals surface area (Å²) in [5.74, 6) is -0.128. The Morgan fingerprint density at radius 3 is 2.52 bits per heavy atom. The zero-order valence-corrected chi connectivity index (χ0v) is 13.7. The van der Waals surface area contributed by atoms with E-state index in [0.717, 1.165) is 6.42 Å². The lowest BCUT2D eigenvalue weighted by atomic mass is 9.85. The number of carboxylic acid groups (broad SMARTS) is 1. The van der Waals surface area contributed by atoms with Crippen LogP contribution < -0.4 is 14.8 Å². The molecule has 0 spiro atoms. The molecule has 0 saturated heterocycles. The number of carbonyl (C=O) groups is 2. The van der Waals surface area contributed by atoms with Gasteiger partial charge in [0.1, 0.15) is 0 Å². The Morgan fingerprint density at radius 2 is 1.91 bits per heavy atom. The maximum atomic E-state index is 12.5. The fourth-order valence-corrected chi connectivity index (χ4v) is 2.34. The van der Waals surface area contributed by atoms with Gasteiger partial charge in [-0.3, -0.25) is 9.59 Å². The van der Waals surface area contributed by atoms with E-state index in [1.807, 2.05) is 13.8 Å². The number of fused-ring (bicyclic) bond motifs is 1. The fraction of sp³-hybridized carbons (Fsp3) is 0.529. The molecule has 2 rings (SSSR count). The number of benzene rings is 1. The van der Waals surface area contributed by atoms with Gasteiger partial charge >= 0.3 is 5.97 Å². The quantitative estimate of drug-likeness (QED) is 0.870. The van der Waals surface area contributed by atoms with Gasteiger partial charge in [0.15, 0.2) is 11.5 Å². The van der Waals surface area contributed by atoms with Crippen LogP contribution in [0.15, 0.2) is 18.2 Å². The second-order valence-electron chi connectivity index (χ2n) is 6.31. The van der Waals surface area contributed by atoms with Crippen LogP contribution in [0.1, 0.15) is 44.0 Å². The summed E-state index contributed by atoms with van der Waals surface area (Å²) in [4.78, 5) is 23.6. The Hall–Kier alpha value is -2.24. The minimum atomic E-state index is -0.944. The normalized spacial score (nSPS) is 16.3. The van der Waals surface area contributed by atoms with Gasteiger partial charge in [-0.25, -0.2) is 0 Å². The highest BCUT2D eigenvalue weighted by Crippen LogP contribution is 2.31. The molecule has 1 aliphatic rings. The number of ether oxygens (including phenoxy) is 2. The molecule has 1 atom stereocenters. The Bertz CT molecular complexity index is 599. The maximum Gasteiger partial charge on any atom is 0.305 e. The first-order chi connectivity index (χ1) is 10.8. The lowest BCUT2D eigenvalue weighted by Gasteiger charge is -2.33. The molecular formula is C17H23NO5. The van der Waals surface area contributed by atoms with Crippen molar-refractivity contribution in [3.8, 4) is 11.5 Å². The number of carboxylic acids is 1. The fourth-order valence-electron chi connectivity index (χ4n) is 2.34. The van der Waals surface area contributed by atoms with E-state index >= 15 is 0 Å². The van der Waals surface area contributed by atoms with Crippen LogP contribution in [0.5, 0.6) is 11.5 Å². The molecule has 1 aromatic carbocycles. The van der Waals surface area contributed by atoms with E-state index in [1.165, 1.54) is 0 Å². The predicted molar refractivity (Wildman–Crippen MR) is 85.0 cm³/mol. The van der Waals surface area contributed by atoms with Crippen molar-refractivity contribution in [3.05, 3.63) is 23.8 Å².